The highest BCUT2D eigenvalue weighted by atomic mass is 16.6. The van der Waals surface area contributed by atoms with E-state index in [4.69, 9.17) is 9.15 Å². The van der Waals surface area contributed by atoms with E-state index in [0.29, 0.717) is 22.8 Å². The van der Waals surface area contributed by atoms with Crippen LogP contribution < -0.4 is 10.2 Å². The minimum atomic E-state index is -0.715. The number of aromatic nitrogens is 3. The molecular weight excluding hydrogens is 436 g/mol. The quantitative estimate of drug-likeness (QED) is 0.208. The minimum absolute atomic E-state index is 0.00351. The summed E-state index contributed by atoms with van der Waals surface area (Å²) >= 11 is 0. The summed E-state index contributed by atoms with van der Waals surface area (Å²) in [6.07, 6.45) is 1.18. The van der Waals surface area contributed by atoms with Gasteiger partial charge < -0.3 is 24.0 Å². The first-order valence-electron chi connectivity index (χ1n) is 9.63. The van der Waals surface area contributed by atoms with E-state index in [1.807, 2.05) is 0 Å². The Morgan fingerprint density at radius 3 is 2.79 bits per heavy atom. The maximum Gasteiger partial charge on any atom is 0.490 e. The number of hydrogen-bond donors (Lipinski definition) is 1. The molecular formula is C20H20N6O7. The lowest BCUT2D eigenvalue weighted by atomic mass is 10.1. The molecule has 1 N–H and O–H groups in total. The summed E-state index contributed by atoms with van der Waals surface area (Å²) in [6.45, 7) is 1.88. The molecule has 3 aromatic rings. The molecule has 0 radical (unpaired) electrons. The van der Waals surface area contributed by atoms with Crippen molar-refractivity contribution in [3.63, 3.8) is 0 Å². The number of hydrogen-bond acceptors (Lipinski definition) is 10. The number of rotatable bonds is 10. The van der Waals surface area contributed by atoms with Gasteiger partial charge in [0.1, 0.15) is 18.1 Å². The van der Waals surface area contributed by atoms with Gasteiger partial charge in [0.15, 0.2) is 0 Å². The fourth-order valence-corrected chi connectivity index (χ4v) is 2.66. The van der Waals surface area contributed by atoms with Crippen LogP contribution in [-0.4, -0.2) is 44.4 Å². The Morgan fingerprint density at radius 1 is 1.27 bits per heavy atom. The summed E-state index contributed by atoms with van der Waals surface area (Å²) in [5.41, 5.74) is 3.57. The molecule has 172 valence electrons. The zero-order chi connectivity index (χ0) is 23.8. The van der Waals surface area contributed by atoms with E-state index < -0.39 is 22.7 Å². The van der Waals surface area contributed by atoms with Crippen LogP contribution >= 0.6 is 0 Å². The average Bonchev–Trinajstić information content (AvgIpc) is 3.49. The van der Waals surface area contributed by atoms with E-state index in [2.05, 4.69) is 25.3 Å². The monoisotopic (exact) mass is 456 g/mol. The summed E-state index contributed by atoms with van der Waals surface area (Å²) in [5, 5.41) is 18.3. The van der Waals surface area contributed by atoms with Crippen LogP contribution in [-0.2, 0) is 22.7 Å². The summed E-state index contributed by atoms with van der Waals surface area (Å²) in [5.74, 6) is -0.512. The van der Waals surface area contributed by atoms with Crippen LogP contribution in [0.25, 0.3) is 0 Å². The molecule has 2 heterocycles. The number of benzene rings is 1. The van der Waals surface area contributed by atoms with Gasteiger partial charge in [-0.3, -0.25) is 4.79 Å². The lowest BCUT2D eigenvalue weighted by Gasteiger charge is -2.10. The second kappa shape index (κ2) is 10.7. The van der Waals surface area contributed by atoms with Crippen LogP contribution in [0, 0.1) is 10.1 Å². The Labute approximate surface area is 187 Å². The van der Waals surface area contributed by atoms with Gasteiger partial charge >= 0.3 is 11.9 Å². The fourth-order valence-electron chi connectivity index (χ4n) is 2.66. The van der Waals surface area contributed by atoms with Crippen molar-refractivity contribution in [3.8, 4) is 5.75 Å². The molecule has 1 amide bonds. The SMILES string of the molecule is COC(=O)c1ccc(COc2ccccc2C(C)=NNC(=O)CCn2cnc([N+](=O)[O-])n2)o1. The molecule has 0 saturated heterocycles. The molecule has 13 heteroatoms. The number of hydrazone groups is 1. The van der Waals surface area contributed by atoms with Crippen molar-refractivity contribution in [3.05, 3.63) is 69.9 Å². The predicted molar refractivity (Wildman–Crippen MR) is 112 cm³/mol. The fraction of sp³-hybridized carbons (Fsp3) is 0.250. The van der Waals surface area contributed by atoms with Crippen LogP contribution in [0.4, 0.5) is 5.95 Å². The third kappa shape index (κ3) is 6.22. The van der Waals surface area contributed by atoms with Crippen LogP contribution in [0.2, 0.25) is 0 Å². The predicted octanol–water partition coefficient (Wildman–Crippen LogP) is 2.08. The molecule has 33 heavy (non-hydrogen) atoms. The van der Waals surface area contributed by atoms with Gasteiger partial charge in [-0.15, -0.1) is 0 Å². The van der Waals surface area contributed by atoms with Crippen LogP contribution in [0.3, 0.4) is 0 Å². The van der Waals surface area contributed by atoms with E-state index in [-0.39, 0.29) is 25.3 Å². The minimum Gasteiger partial charge on any atom is -0.485 e. The topological polar surface area (TPSA) is 164 Å². The number of carbonyl (C=O) groups is 2. The lowest BCUT2D eigenvalue weighted by Crippen LogP contribution is -2.21. The molecule has 0 aliphatic heterocycles. The van der Waals surface area contributed by atoms with Crippen molar-refractivity contribution >= 4 is 23.5 Å². The third-order valence-corrected chi connectivity index (χ3v) is 4.30. The van der Waals surface area contributed by atoms with Gasteiger partial charge in [0.25, 0.3) is 0 Å². The van der Waals surface area contributed by atoms with Gasteiger partial charge in [-0.2, -0.15) is 9.78 Å². The van der Waals surface area contributed by atoms with E-state index in [0.717, 1.165) is 0 Å². The zero-order valence-corrected chi connectivity index (χ0v) is 17.8. The Morgan fingerprint density at radius 2 is 2.06 bits per heavy atom. The number of nitrogens with zero attached hydrogens (tertiary/aromatic N) is 5. The maximum atomic E-state index is 12.1. The standard InChI is InChI=1S/C20H20N6O7/c1-13(22-23-18(27)9-10-25-12-21-20(24-25)26(29)30)15-5-3-4-6-16(15)32-11-14-7-8-17(33-14)19(28)31-2/h3-8,12H,9-11H2,1-2H3,(H,23,27). The molecule has 0 aliphatic rings. The number of methoxy groups -OCH3 is 1. The Hall–Kier alpha value is -4.55. The first-order valence-corrected chi connectivity index (χ1v) is 9.63. The van der Waals surface area contributed by atoms with Crippen molar-refractivity contribution in [2.75, 3.05) is 7.11 Å². The molecule has 2 aromatic heterocycles. The normalized spacial score (nSPS) is 11.2. The number of amides is 1. The number of furan rings is 1. The van der Waals surface area contributed by atoms with Crippen LogP contribution in [0.15, 0.2) is 52.2 Å². The highest BCUT2D eigenvalue weighted by molar-refractivity contribution is 6.01. The number of nitro groups is 1. The third-order valence-electron chi connectivity index (χ3n) is 4.30. The van der Waals surface area contributed by atoms with Crippen LogP contribution in [0.5, 0.6) is 5.75 Å². The van der Waals surface area contributed by atoms with Gasteiger partial charge in [-0.1, -0.05) is 17.1 Å². The molecule has 3 rings (SSSR count). The summed E-state index contributed by atoms with van der Waals surface area (Å²) in [4.78, 5) is 37.0. The first-order chi connectivity index (χ1) is 15.9. The number of aryl methyl sites for hydroxylation is 1. The van der Waals surface area contributed by atoms with Crippen molar-refractivity contribution in [1.82, 2.24) is 20.2 Å². The van der Waals surface area contributed by atoms with E-state index in [1.165, 1.54) is 24.2 Å². The Balaban J connectivity index is 1.57. The number of ether oxygens (including phenoxy) is 2. The second-order valence-electron chi connectivity index (χ2n) is 6.59. The van der Waals surface area contributed by atoms with Gasteiger partial charge in [0, 0.05) is 17.1 Å². The lowest BCUT2D eigenvalue weighted by molar-refractivity contribution is -0.394. The molecule has 0 spiro atoms. The smallest absolute Gasteiger partial charge is 0.485 e. The largest absolute Gasteiger partial charge is 0.490 e. The van der Waals surface area contributed by atoms with E-state index >= 15 is 0 Å². The Kier molecular flexibility index (Phi) is 7.47. The second-order valence-corrected chi connectivity index (χ2v) is 6.59. The maximum absolute atomic E-state index is 12.1. The molecule has 0 saturated carbocycles. The highest BCUT2D eigenvalue weighted by Crippen LogP contribution is 2.21. The molecule has 0 aliphatic carbocycles. The summed E-state index contributed by atoms with van der Waals surface area (Å²) in [6, 6.07) is 10.2. The first kappa shape index (κ1) is 23.1. The molecule has 0 atom stereocenters. The number of para-hydroxylation sites is 1. The van der Waals surface area contributed by atoms with Gasteiger partial charge in [0.2, 0.25) is 18.0 Å². The summed E-state index contributed by atoms with van der Waals surface area (Å²) in [7, 11) is 1.26. The van der Waals surface area contributed by atoms with Gasteiger partial charge in [-0.05, 0) is 36.1 Å². The van der Waals surface area contributed by atoms with Gasteiger partial charge in [-0.25, -0.2) is 10.2 Å². The Bertz CT molecular complexity index is 1180. The molecule has 0 fully saturated rings. The van der Waals surface area contributed by atoms with Crippen molar-refractivity contribution < 1.29 is 28.4 Å². The number of carbonyl (C=O) groups excluding carboxylic acids is 2. The molecule has 0 bridgehead atoms. The van der Waals surface area contributed by atoms with E-state index in [1.54, 1.807) is 37.3 Å². The molecule has 1 aromatic carbocycles. The number of nitrogens with one attached hydrogen (secondary N) is 1. The van der Waals surface area contributed by atoms with Crippen LogP contribution in [0.1, 0.15) is 35.2 Å². The van der Waals surface area contributed by atoms with Gasteiger partial charge in [0.05, 0.1) is 19.4 Å². The van der Waals surface area contributed by atoms with Crippen molar-refractivity contribution in [1.29, 1.82) is 0 Å². The molecule has 13 nitrogen and oxygen atoms in total. The van der Waals surface area contributed by atoms with E-state index in [9.17, 15) is 19.7 Å². The highest BCUT2D eigenvalue weighted by Gasteiger charge is 2.15. The average molecular weight is 456 g/mol. The zero-order valence-electron chi connectivity index (χ0n) is 17.8. The van der Waals surface area contributed by atoms with Crippen molar-refractivity contribution in [2.24, 2.45) is 5.10 Å². The molecule has 0 unspecified atom stereocenters. The summed E-state index contributed by atoms with van der Waals surface area (Å²) < 4.78 is 17.0. The van der Waals surface area contributed by atoms with Crippen molar-refractivity contribution in [2.45, 2.75) is 26.5 Å². The number of esters is 1.